The van der Waals surface area contributed by atoms with E-state index in [4.69, 9.17) is 4.74 Å². The predicted molar refractivity (Wildman–Crippen MR) is 108 cm³/mol. The van der Waals surface area contributed by atoms with Gasteiger partial charge >= 0.3 is 0 Å². The molecule has 0 aromatic heterocycles. The summed E-state index contributed by atoms with van der Waals surface area (Å²) in [6, 6.07) is 13.0. The minimum absolute atomic E-state index is 0.113. The molecule has 138 valence electrons. The average Bonchev–Trinajstić information content (AvgIpc) is 2.61. The van der Waals surface area contributed by atoms with E-state index in [1.807, 2.05) is 51.1 Å². The maximum Gasteiger partial charge on any atom is 0.234 e. The van der Waals surface area contributed by atoms with Gasteiger partial charge in [-0.3, -0.25) is 9.59 Å². The van der Waals surface area contributed by atoms with Gasteiger partial charge in [0.1, 0.15) is 5.75 Å². The third kappa shape index (κ3) is 6.11. The summed E-state index contributed by atoms with van der Waals surface area (Å²) in [4.78, 5) is 24.0. The Kier molecular flexibility index (Phi) is 7.53. The fraction of sp³-hybridized carbons (Fsp3) is 0.300. The summed E-state index contributed by atoms with van der Waals surface area (Å²) in [5, 5.41) is 5.69. The van der Waals surface area contributed by atoms with Crippen molar-refractivity contribution in [3.8, 4) is 5.75 Å². The summed E-state index contributed by atoms with van der Waals surface area (Å²) < 4.78 is 5.36. The van der Waals surface area contributed by atoms with Gasteiger partial charge in [0.05, 0.1) is 18.1 Å². The lowest BCUT2D eigenvalue weighted by Crippen LogP contribution is -2.18. The second-order valence-corrected chi connectivity index (χ2v) is 6.78. The highest BCUT2D eigenvalue weighted by atomic mass is 32.2. The second kappa shape index (κ2) is 9.87. The second-order valence-electron chi connectivity index (χ2n) is 5.79. The van der Waals surface area contributed by atoms with Crippen molar-refractivity contribution in [1.29, 1.82) is 0 Å². The van der Waals surface area contributed by atoms with Crippen LogP contribution < -0.4 is 15.4 Å². The van der Waals surface area contributed by atoms with E-state index >= 15 is 0 Å². The van der Waals surface area contributed by atoms with Crippen LogP contribution >= 0.6 is 11.8 Å². The first kappa shape index (κ1) is 19.8. The third-order valence-electron chi connectivity index (χ3n) is 3.79. The molecule has 2 N–H and O–H groups in total. The van der Waals surface area contributed by atoms with E-state index in [-0.39, 0.29) is 23.3 Å². The molecule has 6 heteroatoms. The highest BCUT2D eigenvalue weighted by Crippen LogP contribution is 2.18. The van der Waals surface area contributed by atoms with Crippen molar-refractivity contribution >= 4 is 35.0 Å². The van der Waals surface area contributed by atoms with E-state index in [2.05, 4.69) is 10.6 Å². The Morgan fingerprint density at radius 1 is 0.962 bits per heavy atom. The van der Waals surface area contributed by atoms with Crippen molar-refractivity contribution in [2.24, 2.45) is 0 Å². The number of hydrogen-bond acceptors (Lipinski definition) is 4. The molecule has 0 atom stereocenters. The number of rotatable bonds is 8. The Labute approximate surface area is 158 Å². The lowest BCUT2D eigenvalue weighted by atomic mass is 10.1. The molecule has 0 radical (unpaired) electrons. The lowest BCUT2D eigenvalue weighted by molar-refractivity contribution is -0.114. The van der Waals surface area contributed by atoms with Crippen molar-refractivity contribution in [2.45, 2.75) is 20.8 Å². The molecule has 0 unspecified atom stereocenters. The van der Waals surface area contributed by atoms with Crippen LogP contribution in [-0.4, -0.2) is 29.9 Å². The SMILES string of the molecule is CCOc1ccc(NC(=O)CSCC(=O)Nc2cccc(C)c2C)cc1. The van der Waals surface area contributed by atoms with Gasteiger partial charge in [0, 0.05) is 11.4 Å². The minimum atomic E-state index is -0.140. The molecule has 26 heavy (non-hydrogen) atoms. The zero-order valence-corrected chi connectivity index (χ0v) is 16.1. The molecule has 0 spiro atoms. The smallest absolute Gasteiger partial charge is 0.234 e. The van der Waals surface area contributed by atoms with Crippen LogP contribution in [0.1, 0.15) is 18.1 Å². The molecular weight excluding hydrogens is 348 g/mol. The van der Waals surface area contributed by atoms with Crippen molar-refractivity contribution < 1.29 is 14.3 Å². The molecule has 2 rings (SSSR count). The van der Waals surface area contributed by atoms with Crippen LogP contribution in [0.15, 0.2) is 42.5 Å². The van der Waals surface area contributed by atoms with E-state index in [1.54, 1.807) is 12.1 Å². The van der Waals surface area contributed by atoms with Crippen LogP contribution in [0.3, 0.4) is 0 Å². The number of nitrogens with one attached hydrogen (secondary N) is 2. The lowest BCUT2D eigenvalue weighted by Gasteiger charge is -2.10. The first-order chi connectivity index (χ1) is 12.5. The van der Waals surface area contributed by atoms with Crippen LogP contribution in [0.25, 0.3) is 0 Å². The van der Waals surface area contributed by atoms with Gasteiger partial charge in [0.2, 0.25) is 11.8 Å². The summed E-state index contributed by atoms with van der Waals surface area (Å²) >= 11 is 1.28. The van der Waals surface area contributed by atoms with Crippen LogP contribution in [0.4, 0.5) is 11.4 Å². The number of hydrogen-bond donors (Lipinski definition) is 2. The maximum atomic E-state index is 12.0. The molecule has 0 fully saturated rings. The summed E-state index contributed by atoms with van der Waals surface area (Å²) in [7, 11) is 0. The van der Waals surface area contributed by atoms with E-state index in [0.717, 1.165) is 22.6 Å². The Balaban J connectivity index is 1.73. The first-order valence-corrected chi connectivity index (χ1v) is 9.61. The highest BCUT2D eigenvalue weighted by molar-refractivity contribution is 8.00. The molecule has 0 saturated heterocycles. The summed E-state index contributed by atoms with van der Waals surface area (Å²) in [6.07, 6.45) is 0. The van der Waals surface area contributed by atoms with Crippen molar-refractivity contribution in [3.05, 3.63) is 53.6 Å². The number of thioether (sulfide) groups is 1. The summed E-state index contributed by atoms with van der Waals surface area (Å²) in [5.41, 5.74) is 3.71. The quantitative estimate of drug-likeness (QED) is 0.735. The van der Waals surface area contributed by atoms with E-state index in [0.29, 0.717) is 12.3 Å². The summed E-state index contributed by atoms with van der Waals surface area (Å²) in [5.74, 6) is 0.955. The monoisotopic (exact) mass is 372 g/mol. The summed E-state index contributed by atoms with van der Waals surface area (Å²) in [6.45, 7) is 6.50. The number of aryl methyl sites for hydroxylation is 1. The fourth-order valence-electron chi connectivity index (χ4n) is 2.31. The van der Waals surface area contributed by atoms with Gasteiger partial charge in [-0.25, -0.2) is 0 Å². The van der Waals surface area contributed by atoms with Crippen molar-refractivity contribution in [2.75, 3.05) is 28.7 Å². The number of benzene rings is 2. The Morgan fingerprint density at radius 3 is 2.27 bits per heavy atom. The molecule has 0 saturated carbocycles. The number of anilines is 2. The first-order valence-electron chi connectivity index (χ1n) is 8.46. The molecule has 2 aromatic rings. The van der Waals surface area contributed by atoms with Gasteiger partial charge in [-0.05, 0) is 62.2 Å². The van der Waals surface area contributed by atoms with Crippen LogP contribution in [-0.2, 0) is 9.59 Å². The van der Waals surface area contributed by atoms with Crippen LogP contribution in [0, 0.1) is 13.8 Å². The fourth-order valence-corrected chi connectivity index (χ4v) is 2.92. The molecule has 0 aliphatic heterocycles. The highest BCUT2D eigenvalue weighted by Gasteiger charge is 2.08. The molecule has 0 aliphatic carbocycles. The van der Waals surface area contributed by atoms with Crippen molar-refractivity contribution in [3.63, 3.8) is 0 Å². The van der Waals surface area contributed by atoms with Gasteiger partial charge in [-0.1, -0.05) is 12.1 Å². The molecule has 0 aliphatic rings. The van der Waals surface area contributed by atoms with E-state index in [9.17, 15) is 9.59 Å². The number of carbonyl (C=O) groups excluding carboxylic acids is 2. The van der Waals surface area contributed by atoms with Gasteiger partial charge < -0.3 is 15.4 Å². The molecule has 0 bridgehead atoms. The van der Waals surface area contributed by atoms with Gasteiger partial charge in [-0.2, -0.15) is 0 Å². The normalized spacial score (nSPS) is 10.3. The van der Waals surface area contributed by atoms with E-state index in [1.165, 1.54) is 11.8 Å². The molecular formula is C20H24N2O3S. The van der Waals surface area contributed by atoms with Crippen LogP contribution in [0.2, 0.25) is 0 Å². The number of ether oxygens (including phenoxy) is 1. The van der Waals surface area contributed by atoms with Gasteiger partial charge in [0.15, 0.2) is 0 Å². The van der Waals surface area contributed by atoms with Gasteiger partial charge in [-0.15, -0.1) is 11.8 Å². The molecule has 0 heterocycles. The standard InChI is InChI=1S/C20H24N2O3S/c1-4-25-17-10-8-16(9-11-17)21-19(23)12-26-13-20(24)22-18-7-5-6-14(2)15(18)3/h5-11H,4,12-13H2,1-3H3,(H,21,23)(H,22,24). The Hall–Kier alpha value is -2.47. The predicted octanol–water partition coefficient (Wildman–Crippen LogP) is 4.01. The van der Waals surface area contributed by atoms with Crippen molar-refractivity contribution in [1.82, 2.24) is 0 Å². The van der Waals surface area contributed by atoms with Gasteiger partial charge in [0.25, 0.3) is 0 Å². The number of carbonyl (C=O) groups is 2. The zero-order valence-electron chi connectivity index (χ0n) is 15.3. The van der Waals surface area contributed by atoms with Crippen LogP contribution in [0.5, 0.6) is 5.75 Å². The minimum Gasteiger partial charge on any atom is -0.494 e. The zero-order chi connectivity index (χ0) is 18.9. The number of amides is 2. The molecule has 5 nitrogen and oxygen atoms in total. The van der Waals surface area contributed by atoms with E-state index < -0.39 is 0 Å². The maximum absolute atomic E-state index is 12.0. The third-order valence-corrected chi connectivity index (χ3v) is 4.73. The average molecular weight is 372 g/mol. The molecule has 2 aromatic carbocycles. The Morgan fingerprint density at radius 2 is 1.62 bits per heavy atom. The molecule has 2 amide bonds. The topological polar surface area (TPSA) is 67.4 Å². The Bertz CT molecular complexity index is 760. The largest absolute Gasteiger partial charge is 0.494 e.